The van der Waals surface area contributed by atoms with Gasteiger partial charge in [0.1, 0.15) is 0 Å². The van der Waals surface area contributed by atoms with Crippen LogP contribution in [0.5, 0.6) is 0 Å². The number of carbonyl (C=O) groups excluding carboxylic acids is 1. The smallest absolute Gasteiger partial charge is 0.249 e. The highest BCUT2D eigenvalue weighted by Crippen LogP contribution is 2.15. The summed E-state index contributed by atoms with van der Waals surface area (Å²) in [6.07, 6.45) is 4.90. The van der Waals surface area contributed by atoms with Gasteiger partial charge < -0.3 is 10.2 Å². The van der Waals surface area contributed by atoms with Crippen LogP contribution in [0.4, 0.5) is 0 Å². The lowest BCUT2D eigenvalue weighted by Crippen LogP contribution is -2.39. The molecule has 0 aromatic rings. The number of carbonyl (C=O) groups is 1. The molecule has 0 radical (unpaired) electrons. The normalized spacial score (nSPS) is 21.9. The van der Waals surface area contributed by atoms with Crippen molar-refractivity contribution in [2.75, 3.05) is 26.2 Å². The molecular weight excluding hydrogens is 188 g/mol. The molecule has 2 aliphatic heterocycles. The second-order valence-corrected chi connectivity index (χ2v) is 4.54. The maximum atomic E-state index is 12.1. The topological polar surface area (TPSA) is 32.3 Å². The summed E-state index contributed by atoms with van der Waals surface area (Å²) in [6.45, 7) is 5.70. The molecule has 2 saturated heterocycles. The van der Waals surface area contributed by atoms with Gasteiger partial charge in [-0.2, -0.15) is 0 Å². The van der Waals surface area contributed by atoms with Crippen molar-refractivity contribution < 1.29 is 4.79 Å². The zero-order valence-electron chi connectivity index (χ0n) is 9.51. The van der Waals surface area contributed by atoms with E-state index in [1.165, 1.54) is 31.3 Å². The van der Waals surface area contributed by atoms with Crippen molar-refractivity contribution in [3.05, 3.63) is 11.1 Å². The Labute approximate surface area is 91.5 Å². The summed E-state index contributed by atoms with van der Waals surface area (Å²) < 4.78 is 0. The lowest BCUT2D eigenvalue weighted by molar-refractivity contribution is -0.127. The van der Waals surface area contributed by atoms with Crippen LogP contribution in [0.2, 0.25) is 0 Å². The van der Waals surface area contributed by atoms with Crippen LogP contribution in [-0.2, 0) is 4.79 Å². The first kappa shape index (κ1) is 10.7. The summed E-state index contributed by atoms with van der Waals surface area (Å²) in [7, 11) is 0. The van der Waals surface area contributed by atoms with E-state index in [1.807, 2.05) is 11.8 Å². The van der Waals surface area contributed by atoms with Crippen molar-refractivity contribution in [3.8, 4) is 0 Å². The van der Waals surface area contributed by atoms with E-state index in [2.05, 4.69) is 5.32 Å². The minimum atomic E-state index is 0.272. The number of hydrogen-bond donors (Lipinski definition) is 1. The maximum Gasteiger partial charge on any atom is 0.249 e. The predicted octanol–water partition coefficient (Wildman–Crippen LogP) is 1.31. The highest BCUT2D eigenvalue weighted by molar-refractivity contribution is 5.94. The molecule has 2 rings (SSSR count). The fraction of sp³-hybridized carbons (Fsp3) is 0.750. The Bertz CT molecular complexity index is 269. The van der Waals surface area contributed by atoms with Crippen LogP contribution in [0.25, 0.3) is 0 Å². The van der Waals surface area contributed by atoms with E-state index in [-0.39, 0.29) is 5.91 Å². The van der Waals surface area contributed by atoms with Gasteiger partial charge >= 0.3 is 0 Å². The number of nitrogens with zero attached hydrogens (tertiary/aromatic N) is 1. The fourth-order valence-corrected chi connectivity index (χ4v) is 2.18. The maximum absolute atomic E-state index is 12.1. The third-order valence-electron chi connectivity index (χ3n) is 3.42. The van der Waals surface area contributed by atoms with Crippen LogP contribution in [0, 0.1) is 0 Å². The molecule has 2 fully saturated rings. The zero-order chi connectivity index (χ0) is 10.7. The molecule has 2 aliphatic rings. The van der Waals surface area contributed by atoms with Crippen LogP contribution in [-0.4, -0.2) is 37.0 Å². The second kappa shape index (κ2) is 4.79. The molecule has 3 nitrogen and oxygen atoms in total. The molecule has 0 spiro atoms. The third-order valence-corrected chi connectivity index (χ3v) is 3.42. The molecule has 0 aromatic heterocycles. The van der Waals surface area contributed by atoms with Gasteiger partial charge in [-0.15, -0.1) is 0 Å². The molecule has 2 heterocycles. The van der Waals surface area contributed by atoms with Gasteiger partial charge in [0.25, 0.3) is 0 Å². The van der Waals surface area contributed by atoms with E-state index in [1.54, 1.807) is 0 Å². The number of rotatable bonds is 1. The van der Waals surface area contributed by atoms with E-state index < -0.39 is 0 Å². The average Bonchev–Trinajstić information content (AvgIpc) is 2.41. The van der Waals surface area contributed by atoms with E-state index in [0.29, 0.717) is 0 Å². The van der Waals surface area contributed by atoms with Gasteiger partial charge in [-0.05, 0) is 25.3 Å². The summed E-state index contributed by atoms with van der Waals surface area (Å²) in [5.41, 5.74) is 2.28. The largest absolute Gasteiger partial charge is 0.339 e. The van der Waals surface area contributed by atoms with Crippen LogP contribution in [0.1, 0.15) is 32.6 Å². The predicted molar refractivity (Wildman–Crippen MR) is 60.6 cm³/mol. The van der Waals surface area contributed by atoms with E-state index in [4.69, 9.17) is 0 Å². The van der Waals surface area contributed by atoms with Crippen LogP contribution in [0.15, 0.2) is 11.1 Å². The van der Waals surface area contributed by atoms with E-state index >= 15 is 0 Å². The lowest BCUT2D eigenvalue weighted by Gasteiger charge is -2.26. The molecule has 0 aliphatic carbocycles. The van der Waals surface area contributed by atoms with E-state index in [9.17, 15) is 4.79 Å². The molecule has 1 amide bonds. The van der Waals surface area contributed by atoms with Gasteiger partial charge in [-0.25, -0.2) is 0 Å². The summed E-state index contributed by atoms with van der Waals surface area (Å²) >= 11 is 0. The Morgan fingerprint density at radius 3 is 2.20 bits per heavy atom. The summed E-state index contributed by atoms with van der Waals surface area (Å²) in [4.78, 5) is 14.2. The van der Waals surface area contributed by atoms with E-state index in [0.717, 1.165) is 31.8 Å². The van der Waals surface area contributed by atoms with Crippen LogP contribution in [0.3, 0.4) is 0 Å². The first-order valence-corrected chi connectivity index (χ1v) is 5.97. The molecule has 0 unspecified atom stereocenters. The molecule has 84 valence electrons. The Hall–Kier alpha value is -0.830. The minimum absolute atomic E-state index is 0.272. The van der Waals surface area contributed by atoms with Crippen LogP contribution < -0.4 is 5.32 Å². The molecule has 0 saturated carbocycles. The number of amides is 1. The van der Waals surface area contributed by atoms with Crippen molar-refractivity contribution in [1.29, 1.82) is 0 Å². The third kappa shape index (κ3) is 2.40. The Morgan fingerprint density at radius 2 is 1.73 bits per heavy atom. The van der Waals surface area contributed by atoms with Gasteiger partial charge in [0.05, 0.1) is 0 Å². The molecule has 0 aromatic carbocycles. The van der Waals surface area contributed by atoms with Crippen molar-refractivity contribution in [2.24, 2.45) is 0 Å². The fourth-order valence-electron chi connectivity index (χ4n) is 2.18. The van der Waals surface area contributed by atoms with Crippen molar-refractivity contribution >= 4 is 5.91 Å². The van der Waals surface area contributed by atoms with Crippen molar-refractivity contribution in [1.82, 2.24) is 10.2 Å². The SMILES string of the molecule is CC(C(=O)N1CCCCCC1)=C1CNC1. The lowest BCUT2D eigenvalue weighted by atomic mass is 10.0. The second-order valence-electron chi connectivity index (χ2n) is 4.54. The first-order valence-electron chi connectivity index (χ1n) is 5.97. The Morgan fingerprint density at radius 1 is 1.13 bits per heavy atom. The van der Waals surface area contributed by atoms with Gasteiger partial charge in [0.2, 0.25) is 5.91 Å². The highest BCUT2D eigenvalue weighted by Gasteiger charge is 2.21. The van der Waals surface area contributed by atoms with Gasteiger partial charge in [-0.3, -0.25) is 4.79 Å². The quantitative estimate of drug-likeness (QED) is 0.659. The average molecular weight is 208 g/mol. The summed E-state index contributed by atoms with van der Waals surface area (Å²) in [5, 5.41) is 3.18. The Balaban J connectivity index is 1.99. The molecule has 3 heteroatoms. The molecule has 1 N–H and O–H groups in total. The molecule has 15 heavy (non-hydrogen) atoms. The zero-order valence-corrected chi connectivity index (χ0v) is 9.51. The van der Waals surface area contributed by atoms with Crippen molar-refractivity contribution in [2.45, 2.75) is 32.6 Å². The minimum Gasteiger partial charge on any atom is -0.339 e. The Kier molecular flexibility index (Phi) is 3.41. The van der Waals surface area contributed by atoms with Gasteiger partial charge in [-0.1, -0.05) is 12.8 Å². The standard InChI is InChI=1S/C12H20N2O/c1-10(11-8-13-9-11)12(15)14-6-4-2-3-5-7-14/h13H,2-9H2,1H3. The number of likely N-dealkylation sites (tertiary alicyclic amines) is 1. The molecular formula is C12H20N2O. The number of nitrogens with one attached hydrogen (secondary N) is 1. The van der Waals surface area contributed by atoms with Gasteiger partial charge in [0, 0.05) is 31.8 Å². The van der Waals surface area contributed by atoms with Crippen molar-refractivity contribution in [3.63, 3.8) is 0 Å². The monoisotopic (exact) mass is 208 g/mol. The summed E-state index contributed by atoms with van der Waals surface area (Å²) in [5.74, 6) is 0.272. The van der Waals surface area contributed by atoms with Gasteiger partial charge in [0.15, 0.2) is 0 Å². The number of hydrogen-bond acceptors (Lipinski definition) is 2. The van der Waals surface area contributed by atoms with Crippen LogP contribution >= 0.6 is 0 Å². The highest BCUT2D eigenvalue weighted by atomic mass is 16.2. The molecule has 0 bridgehead atoms. The summed E-state index contributed by atoms with van der Waals surface area (Å²) in [6, 6.07) is 0. The molecule has 0 atom stereocenters. The first-order chi connectivity index (χ1) is 7.29.